The number of anilines is 1. The Hall–Kier alpha value is -1.55. The predicted octanol–water partition coefficient (Wildman–Crippen LogP) is 3.80. The fourth-order valence-corrected chi connectivity index (χ4v) is 2.08. The van der Waals surface area contributed by atoms with E-state index in [1.807, 2.05) is 31.4 Å². The second kappa shape index (κ2) is 6.06. The van der Waals surface area contributed by atoms with Gasteiger partial charge in [-0.3, -0.25) is 0 Å². The third-order valence-corrected chi connectivity index (χ3v) is 3.81. The van der Waals surface area contributed by atoms with Crippen molar-refractivity contribution in [3.63, 3.8) is 0 Å². The Bertz CT molecular complexity index is 572. The second-order valence-electron chi connectivity index (χ2n) is 4.50. The standard InChI is InChI=1S/C15H17BrN2O/c1-11-7-15(17-9-14(11)16)18(2)10-12-5-4-6-13(8-12)19-3/h4-9H,10H2,1-3H3. The maximum absolute atomic E-state index is 5.24. The van der Waals surface area contributed by atoms with Crippen molar-refractivity contribution in [2.75, 3.05) is 19.1 Å². The molecule has 0 bridgehead atoms. The van der Waals surface area contributed by atoms with Gasteiger partial charge in [0.25, 0.3) is 0 Å². The lowest BCUT2D eigenvalue weighted by atomic mass is 10.2. The molecule has 3 nitrogen and oxygen atoms in total. The summed E-state index contributed by atoms with van der Waals surface area (Å²) in [5, 5.41) is 0. The molecule has 0 unspecified atom stereocenters. The number of nitrogens with zero attached hydrogens (tertiary/aromatic N) is 2. The highest BCUT2D eigenvalue weighted by molar-refractivity contribution is 9.10. The Balaban J connectivity index is 2.15. The van der Waals surface area contributed by atoms with Gasteiger partial charge in [0.05, 0.1) is 7.11 Å². The van der Waals surface area contributed by atoms with Crippen LogP contribution < -0.4 is 9.64 Å². The molecule has 1 heterocycles. The summed E-state index contributed by atoms with van der Waals surface area (Å²) in [6.45, 7) is 2.86. The van der Waals surface area contributed by atoms with Crippen LogP contribution in [0.25, 0.3) is 0 Å². The first-order valence-corrected chi connectivity index (χ1v) is 6.85. The van der Waals surface area contributed by atoms with Crippen LogP contribution in [0.3, 0.4) is 0 Å². The zero-order valence-electron chi connectivity index (χ0n) is 11.4. The van der Waals surface area contributed by atoms with Gasteiger partial charge >= 0.3 is 0 Å². The maximum atomic E-state index is 5.24. The molecule has 0 fully saturated rings. The van der Waals surface area contributed by atoms with E-state index in [4.69, 9.17) is 4.74 Å². The molecule has 0 saturated carbocycles. The zero-order chi connectivity index (χ0) is 13.8. The number of aryl methyl sites for hydroxylation is 1. The van der Waals surface area contributed by atoms with E-state index in [-0.39, 0.29) is 0 Å². The Morgan fingerprint density at radius 2 is 2.11 bits per heavy atom. The molecule has 0 N–H and O–H groups in total. The zero-order valence-corrected chi connectivity index (χ0v) is 12.9. The van der Waals surface area contributed by atoms with Crippen molar-refractivity contribution >= 4 is 21.7 Å². The van der Waals surface area contributed by atoms with Crippen LogP contribution in [-0.4, -0.2) is 19.1 Å². The number of halogens is 1. The smallest absolute Gasteiger partial charge is 0.128 e. The number of hydrogen-bond acceptors (Lipinski definition) is 3. The van der Waals surface area contributed by atoms with E-state index < -0.39 is 0 Å². The molecule has 0 aliphatic heterocycles. The molecule has 0 saturated heterocycles. The summed E-state index contributed by atoms with van der Waals surface area (Å²) in [5.41, 5.74) is 2.38. The van der Waals surface area contributed by atoms with E-state index in [2.05, 4.69) is 44.9 Å². The molecule has 0 atom stereocenters. The Morgan fingerprint density at radius 3 is 2.79 bits per heavy atom. The van der Waals surface area contributed by atoms with Gasteiger partial charge in [0.15, 0.2) is 0 Å². The van der Waals surface area contributed by atoms with Crippen LogP contribution in [0.2, 0.25) is 0 Å². The Kier molecular flexibility index (Phi) is 4.43. The molecule has 4 heteroatoms. The monoisotopic (exact) mass is 320 g/mol. The highest BCUT2D eigenvalue weighted by atomic mass is 79.9. The topological polar surface area (TPSA) is 25.4 Å². The lowest BCUT2D eigenvalue weighted by Crippen LogP contribution is -2.17. The highest BCUT2D eigenvalue weighted by Crippen LogP contribution is 2.21. The van der Waals surface area contributed by atoms with Crippen LogP contribution in [0.4, 0.5) is 5.82 Å². The first-order valence-electron chi connectivity index (χ1n) is 6.06. The molecule has 100 valence electrons. The van der Waals surface area contributed by atoms with Crippen LogP contribution in [-0.2, 0) is 6.54 Å². The second-order valence-corrected chi connectivity index (χ2v) is 5.35. The van der Waals surface area contributed by atoms with Gasteiger partial charge in [0.2, 0.25) is 0 Å². The van der Waals surface area contributed by atoms with Gasteiger partial charge in [0, 0.05) is 24.3 Å². The molecule has 0 radical (unpaired) electrons. The number of hydrogen-bond donors (Lipinski definition) is 0. The normalized spacial score (nSPS) is 10.3. The van der Waals surface area contributed by atoms with E-state index in [9.17, 15) is 0 Å². The number of methoxy groups -OCH3 is 1. The van der Waals surface area contributed by atoms with Gasteiger partial charge in [-0.2, -0.15) is 0 Å². The molecule has 1 aromatic heterocycles. The fourth-order valence-electron chi connectivity index (χ4n) is 1.86. The Labute approximate surface area is 122 Å². The lowest BCUT2D eigenvalue weighted by Gasteiger charge is -2.19. The summed E-state index contributed by atoms with van der Waals surface area (Å²) < 4.78 is 6.27. The summed E-state index contributed by atoms with van der Waals surface area (Å²) in [6, 6.07) is 10.2. The summed E-state index contributed by atoms with van der Waals surface area (Å²) in [7, 11) is 3.72. The highest BCUT2D eigenvalue weighted by Gasteiger charge is 2.06. The van der Waals surface area contributed by atoms with Crippen molar-refractivity contribution in [2.24, 2.45) is 0 Å². The molecule has 0 aliphatic carbocycles. The van der Waals surface area contributed by atoms with Gasteiger partial charge in [-0.1, -0.05) is 12.1 Å². The van der Waals surface area contributed by atoms with Crippen LogP contribution in [0.15, 0.2) is 41.0 Å². The van der Waals surface area contributed by atoms with Crippen molar-refractivity contribution in [2.45, 2.75) is 13.5 Å². The minimum atomic E-state index is 0.797. The summed E-state index contributed by atoms with van der Waals surface area (Å²) >= 11 is 3.47. The van der Waals surface area contributed by atoms with Crippen LogP contribution >= 0.6 is 15.9 Å². The molecule has 1 aromatic carbocycles. The molecule has 19 heavy (non-hydrogen) atoms. The van der Waals surface area contributed by atoms with Crippen LogP contribution in [0, 0.1) is 6.92 Å². The number of ether oxygens (including phenoxy) is 1. The number of pyridine rings is 1. The van der Waals surface area contributed by atoms with Crippen LogP contribution in [0.1, 0.15) is 11.1 Å². The van der Waals surface area contributed by atoms with E-state index >= 15 is 0 Å². The molecule has 0 amide bonds. The number of rotatable bonds is 4. The Morgan fingerprint density at radius 1 is 1.32 bits per heavy atom. The minimum absolute atomic E-state index is 0.797. The summed E-state index contributed by atoms with van der Waals surface area (Å²) in [6.07, 6.45) is 1.84. The van der Waals surface area contributed by atoms with Gasteiger partial charge in [-0.05, 0) is 52.2 Å². The molecule has 0 spiro atoms. The van der Waals surface area contributed by atoms with E-state index in [0.717, 1.165) is 22.6 Å². The predicted molar refractivity (Wildman–Crippen MR) is 81.8 cm³/mol. The van der Waals surface area contributed by atoms with Crippen molar-refractivity contribution in [1.29, 1.82) is 0 Å². The average Bonchev–Trinajstić information content (AvgIpc) is 2.42. The van der Waals surface area contributed by atoms with E-state index in [1.54, 1.807) is 7.11 Å². The largest absolute Gasteiger partial charge is 0.497 e. The van der Waals surface area contributed by atoms with Gasteiger partial charge in [-0.15, -0.1) is 0 Å². The molecule has 0 aliphatic rings. The van der Waals surface area contributed by atoms with E-state index in [1.165, 1.54) is 11.1 Å². The lowest BCUT2D eigenvalue weighted by molar-refractivity contribution is 0.414. The first kappa shape index (κ1) is 13.9. The summed E-state index contributed by atoms with van der Waals surface area (Å²) in [5.74, 6) is 1.84. The minimum Gasteiger partial charge on any atom is -0.497 e. The van der Waals surface area contributed by atoms with Crippen molar-refractivity contribution in [1.82, 2.24) is 4.98 Å². The third kappa shape index (κ3) is 3.47. The maximum Gasteiger partial charge on any atom is 0.128 e. The van der Waals surface area contributed by atoms with Crippen LogP contribution in [0.5, 0.6) is 5.75 Å². The quantitative estimate of drug-likeness (QED) is 0.856. The number of aromatic nitrogens is 1. The van der Waals surface area contributed by atoms with E-state index in [0.29, 0.717) is 0 Å². The SMILES string of the molecule is COc1cccc(CN(C)c2cc(C)c(Br)cn2)c1. The summed E-state index contributed by atoms with van der Waals surface area (Å²) in [4.78, 5) is 6.54. The fraction of sp³-hybridized carbons (Fsp3) is 0.267. The molecular weight excluding hydrogens is 304 g/mol. The van der Waals surface area contributed by atoms with Crippen molar-refractivity contribution in [3.8, 4) is 5.75 Å². The van der Waals surface area contributed by atoms with Gasteiger partial charge in [0.1, 0.15) is 11.6 Å². The average molecular weight is 321 g/mol. The molecular formula is C15H17BrN2O. The molecule has 2 aromatic rings. The van der Waals surface area contributed by atoms with Gasteiger partial charge < -0.3 is 9.64 Å². The van der Waals surface area contributed by atoms with Gasteiger partial charge in [-0.25, -0.2) is 4.98 Å². The third-order valence-electron chi connectivity index (χ3n) is 2.98. The van der Waals surface area contributed by atoms with Crippen molar-refractivity contribution in [3.05, 3.63) is 52.1 Å². The number of benzene rings is 1. The first-order chi connectivity index (χ1) is 9.10. The molecule has 2 rings (SSSR count). The van der Waals surface area contributed by atoms with Crippen molar-refractivity contribution < 1.29 is 4.74 Å².